The lowest BCUT2D eigenvalue weighted by molar-refractivity contribution is -0.137. The second-order valence-corrected chi connectivity index (χ2v) is 8.40. The number of aromatic nitrogens is 2. The Morgan fingerprint density at radius 1 is 1.13 bits per heavy atom. The minimum atomic E-state index is -4.45. The van der Waals surface area contributed by atoms with Gasteiger partial charge in [-0.25, -0.2) is 4.68 Å². The van der Waals surface area contributed by atoms with Gasteiger partial charge in [-0.3, -0.25) is 4.79 Å². The van der Waals surface area contributed by atoms with Crippen molar-refractivity contribution in [2.24, 2.45) is 5.92 Å². The summed E-state index contributed by atoms with van der Waals surface area (Å²) in [5.41, 5.74) is -0.384. The van der Waals surface area contributed by atoms with E-state index < -0.39 is 11.7 Å². The largest absolute Gasteiger partial charge is 0.493 e. The SMILES string of the molecule is COc1cn(-c2cccc(C(F)(F)F)c2)nc1C(=O)N(C1CCC(C)CC1)C1CC1. The van der Waals surface area contributed by atoms with Gasteiger partial charge in [0.05, 0.1) is 24.6 Å². The van der Waals surface area contributed by atoms with Crippen LogP contribution in [-0.4, -0.2) is 39.8 Å². The summed E-state index contributed by atoms with van der Waals surface area (Å²) in [6.45, 7) is 2.24. The van der Waals surface area contributed by atoms with Crippen molar-refractivity contribution < 1.29 is 22.7 Å². The van der Waals surface area contributed by atoms with Gasteiger partial charge in [0.25, 0.3) is 5.91 Å². The Morgan fingerprint density at radius 2 is 1.77 bits per heavy atom. The van der Waals surface area contributed by atoms with E-state index in [1.165, 1.54) is 30.1 Å². The van der Waals surface area contributed by atoms with Crippen LogP contribution < -0.4 is 4.74 Å². The summed E-state index contributed by atoms with van der Waals surface area (Å²) >= 11 is 0. The first kappa shape index (κ1) is 20.8. The van der Waals surface area contributed by atoms with Gasteiger partial charge in [-0.05, 0) is 62.6 Å². The maximum absolute atomic E-state index is 13.4. The molecule has 4 rings (SSSR count). The second kappa shape index (κ2) is 7.96. The maximum Gasteiger partial charge on any atom is 0.416 e. The van der Waals surface area contributed by atoms with E-state index in [0.717, 1.165) is 50.7 Å². The molecule has 0 saturated heterocycles. The third-order valence-corrected chi connectivity index (χ3v) is 6.09. The number of rotatable bonds is 5. The fraction of sp³-hybridized carbons (Fsp3) is 0.545. The molecule has 2 fully saturated rings. The summed E-state index contributed by atoms with van der Waals surface area (Å²) < 4.78 is 45.9. The van der Waals surface area contributed by atoms with Crippen molar-refractivity contribution >= 4 is 5.91 Å². The number of ether oxygens (including phenoxy) is 1. The van der Waals surface area contributed by atoms with E-state index in [1.807, 2.05) is 4.90 Å². The summed E-state index contributed by atoms with van der Waals surface area (Å²) in [6.07, 6.45) is 3.11. The summed E-state index contributed by atoms with van der Waals surface area (Å²) in [5, 5.41) is 4.35. The molecule has 0 atom stereocenters. The van der Waals surface area contributed by atoms with Gasteiger partial charge < -0.3 is 9.64 Å². The standard InChI is InChI=1S/C22H26F3N3O2/c1-14-6-8-16(9-7-14)28(17-10-11-17)21(29)20-19(30-2)13-27(26-20)18-5-3-4-15(12-18)22(23,24)25/h3-5,12-14,16-17H,6-11H2,1-2H3. The molecule has 1 aromatic carbocycles. The molecule has 0 bridgehead atoms. The quantitative estimate of drug-likeness (QED) is 0.676. The number of hydrogen-bond acceptors (Lipinski definition) is 3. The van der Waals surface area contributed by atoms with Crippen LogP contribution in [0.3, 0.4) is 0 Å². The number of carbonyl (C=O) groups is 1. The summed E-state index contributed by atoms with van der Waals surface area (Å²) in [5.74, 6) is 0.749. The number of benzene rings is 1. The van der Waals surface area contributed by atoms with Crippen LogP contribution >= 0.6 is 0 Å². The molecule has 5 nitrogen and oxygen atoms in total. The first-order valence-corrected chi connectivity index (χ1v) is 10.4. The van der Waals surface area contributed by atoms with Gasteiger partial charge in [-0.15, -0.1) is 0 Å². The molecule has 1 aromatic heterocycles. The molecule has 0 radical (unpaired) electrons. The van der Waals surface area contributed by atoms with E-state index in [9.17, 15) is 18.0 Å². The number of halogens is 3. The van der Waals surface area contributed by atoms with Crippen LogP contribution in [0.25, 0.3) is 5.69 Å². The van der Waals surface area contributed by atoms with E-state index in [4.69, 9.17) is 4.74 Å². The number of carbonyl (C=O) groups excluding carboxylic acids is 1. The molecule has 0 N–H and O–H groups in total. The molecule has 2 saturated carbocycles. The number of methoxy groups -OCH3 is 1. The van der Waals surface area contributed by atoms with Gasteiger partial charge in [-0.1, -0.05) is 13.0 Å². The van der Waals surface area contributed by atoms with Gasteiger partial charge >= 0.3 is 6.18 Å². The Balaban J connectivity index is 1.64. The fourth-order valence-electron chi connectivity index (χ4n) is 4.24. The van der Waals surface area contributed by atoms with Gasteiger partial charge in [0.1, 0.15) is 0 Å². The normalized spacial score (nSPS) is 22.0. The third kappa shape index (κ3) is 4.18. The Morgan fingerprint density at radius 3 is 2.33 bits per heavy atom. The lowest BCUT2D eigenvalue weighted by atomic mass is 9.86. The molecule has 30 heavy (non-hydrogen) atoms. The minimum absolute atomic E-state index is 0.153. The summed E-state index contributed by atoms with van der Waals surface area (Å²) in [7, 11) is 1.44. The Bertz CT molecular complexity index is 913. The smallest absolute Gasteiger partial charge is 0.416 e. The van der Waals surface area contributed by atoms with Crippen LogP contribution in [0.5, 0.6) is 5.75 Å². The van der Waals surface area contributed by atoms with Crippen LogP contribution in [0, 0.1) is 5.92 Å². The number of nitrogens with zero attached hydrogens (tertiary/aromatic N) is 3. The van der Waals surface area contributed by atoms with E-state index in [0.29, 0.717) is 5.92 Å². The first-order valence-electron chi connectivity index (χ1n) is 10.4. The molecule has 2 aromatic rings. The van der Waals surface area contributed by atoms with Crippen LogP contribution in [0.1, 0.15) is 61.5 Å². The van der Waals surface area contributed by atoms with Crippen LogP contribution in [-0.2, 0) is 6.18 Å². The van der Waals surface area contributed by atoms with Crippen molar-refractivity contribution in [2.45, 2.75) is 63.7 Å². The molecule has 0 aliphatic heterocycles. The molecular weight excluding hydrogens is 395 g/mol. The lowest BCUT2D eigenvalue weighted by Gasteiger charge is -2.36. The predicted octanol–water partition coefficient (Wildman–Crippen LogP) is 5.08. The molecule has 0 spiro atoms. The van der Waals surface area contributed by atoms with Crippen molar-refractivity contribution in [2.75, 3.05) is 7.11 Å². The van der Waals surface area contributed by atoms with Crippen molar-refractivity contribution in [3.05, 3.63) is 41.7 Å². The zero-order valence-corrected chi connectivity index (χ0v) is 17.2. The van der Waals surface area contributed by atoms with Crippen molar-refractivity contribution in [1.82, 2.24) is 14.7 Å². The average molecular weight is 421 g/mol. The molecule has 2 aliphatic rings. The van der Waals surface area contributed by atoms with E-state index in [-0.39, 0.29) is 35.1 Å². The van der Waals surface area contributed by atoms with Gasteiger partial charge in [-0.2, -0.15) is 18.3 Å². The molecule has 162 valence electrons. The maximum atomic E-state index is 13.4. The first-order chi connectivity index (χ1) is 14.3. The molecular formula is C22H26F3N3O2. The third-order valence-electron chi connectivity index (χ3n) is 6.09. The summed E-state index contributed by atoms with van der Waals surface area (Å²) in [6, 6.07) is 5.28. The van der Waals surface area contributed by atoms with Crippen LogP contribution in [0.2, 0.25) is 0 Å². The van der Waals surface area contributed by atoms with Crippen molar-refractivity contribution in [1.29, 1.82) is 0 Å². The fourth-order valence-corrected chi connectivity index (χ4v) is 4.24. The number of amides is 1. The van der Waals surface area contributed by atoms with E-state index in [1.54, 1.807) is 0 Å². The highest BCUT2D eigenvalue weighted by atomic mass is 19.4. The zero-order chi connectivity index (χ0) is 21.5. The number of alkyl halides is 3. The Hall–Kier alpha value is -2.51. The Kier molecular flexibility index (Phi) is 5.51. The van der Waals surface area contributed by atoms with Crippen molar-refractivity contribution in [3.8, 4) is 11.4 Å². The molecule has 0 unspecified atom stereocenters. The average Bonchev–Trinajstić information content (AvgIpc) is 3.45. The van der Waals surface area contributed by atoms with E-state index in [2.05, 4.69) is 12.0 Å². The van der Waals surface area contributed by atoms with Gasteiger partial charge in [0.15, 0.2) is 11.4 Å². The van der Waals surface area contributed by atoms with Gasteiger partial charge in [0, 0.05) is 12.1 Å². The highest BCUT2D eigenvalue weighted by Gasteiger charge is 2.40. The topological polar surface area (TPSA) is 47.4 Å². The van der Waals surface area contributed by atoms with Crippen LogP contribution in [0.15, 0.2) is 30.5 Å². The summed E-state index contributed by atoms with van der Waals surface area (Å²) in [4.78, 5) is 15.4. The predicted molar refractivity (Wildman–Crippen MR) is 106 cm³/mol. The highest BCUT2D eigenvalue weighted by molar-refractivity contribution is 5.95. The molecule has 1 heterocycles. The van der Waals surface area contributed by atoms with E-state index >= 15 is 0 Å². The van der Waals surface area contributed by atoms with Crippen LogP contribution in [0.4, 0.5) is 13.2 Å². The molecule has 1 amide bonds. The minimum Gasteiger partial charge on any atom is -0.493 e. The lowest BCUT2D eigenvalue weighted by Crippen LogP contribution is -2.44. The number of hydrogen-bond donors (Lipinski definition) is 0. The highest BCUT2D eigenvalue weighted by Crippen LogP contribution is 2.37. The Labute approximate surface area is 173 Å². The molecule has 8 heteroatoms. The molecule has 2 aliphatic carbocycles. The van der Waals surface area contributed by atoms with Crippen molar-refractivity contribution in [3.63, 3.8) is 0 Å². The zero-order valence-electron chi connectivity index (χ0n) is 17.2. The van der Waals surface area contributed by atoms with Gasteiger partial charge in [0.2, 0.25) is 0 Å². The monoisotopic (exact) mass is 421 g/mol. The second-order valence-electron chi connectivity index (χ2n) is 8.40.